The van der Waals surface area contributed by atoms with E-state index in [0.29, 0.717) is 6.67 Å². The minimum atomic E-state index is -0.356. The zero-order valence-corrected chi connectivity index (χ0v) is 13.8. The summed E-state index contributed by atoms with van der Waals surface area (Å²) in [4.78, 5) is 14.2. The first kappa shape index (κ1) is 15.5. The first-order valence-corrected chi connectivity index (χ1v) is 8.02. The lowest BCUT2D eigenvalue weighted by molar-refractivity contribution is 0.163. The molecule has 0 N–H and O–H groups in total. The van der Waals surface area contributed by atoms with Crippen LogP contribution in [-0.4, -0.2) is 21.7 Å². The van der Waals surface area contributed by atoms with Crippen molar-refractivity contribution in [3.05, 3.63) is 62.0 Å². The second-order valence-corrected chi connectivity index (χ2v) is 6.40. The number of hydrogen-bond donors (Lipinski definition) is 0. The molecule has 4 nitrogen and oxygen atoms in total. The maximum absolute atomic E-state index is 12.1. The second kappa shape index (κ2) is 6.41. The summed E-state index contributed by atoms with van der Waals surface area (Å²) in [7, 11) is 2.00. The van der Waals surface area contributed by atoms with Gasteiger partial charge in [0.05, 0.1) is 17.9 Å². The number of fused-ring (bicyclic) bond motifs is 1. The van der Waals surface area contributed by atoms with Gasteiger partial charge in [0, 0.05) is 6.04 Å². The van der Waals surface area contributed by atoms with E-state index in [0.717, 1.165) is 19.3 Å². The van der Waals surface area contributed by atoms with Crippen molar-refractivity contribution >= 4 is 23.2 Å². The molecule has 0 spiro atoms. The molecule has 1 atom stereocenters. The zero-order valence-electron chi connectivity index (χ0n) is 12.3. The predicted octanol–water partition coefficient (Wildman–Crippen LogP) is 3.52. The Morgan fingerprint density at radius 2 is 2.14 bits per heavy atom. The highest BCUT2D eigenvalue weighted by molar-refractivity contribution is 6.41. The molecule has 0 fully saturated rings. The maximum atomic E-state index is 12.1. The van der Waals surface area contributed by atoms with Crippen molar-refractivity contribution in [3.8, 4) is 0 Å². The fourth-order valence-corrected chi connectivity index (χ4v) is 3.31. The topological polar surface area (TPSA) is 38.1 Å². The van der Waals surface area contributed by atoms with Crippen molar-refractivity contribution in [1.82, 2.24) is 14.7 Å². The van der Waals surface area contributed by atoms with E-state index in [4.69, 9.17) is 23.2 Å². The maximum Gasteiger partial charge on any atom is 0.288 e. The number of hydrogen-bond acceptors (Lipinski definition) is 3. The molecule has 0 bridgehead atoms. The quantitative estimate of drug-likeness (QED) is 0.859. The van der Waals surface area contributed by atoms with Crippen molar-refractivity contribution in [1.29, 1.82) is 0 Å². The summed E-state index contributed by atoms with van der Waals surface area (Å²) in [6.45, 7) is 0.384. The number of benzene rings is 1. The first-order valence-electron chi connectivity index (χ1n) is 7.27. The molecule has 0 saturated heterocycles. The van der Waals surface area contributed by atoms with Gasteiger partial charge >= 0.3 is 0 Å². The predicted molar refractivity (Wildman–Crippen MR) is 88.4 cm³/mol. The van der Waals surface area contributed by atoms with Gasteiger partial charge < -0.3 is 0 Å². The number of aromatic nitrogens is 2. The summed E-state index contributed by atoms with van der Waals surface area (Å²) in [5.74, 6) is 0. The molecule has 0 saturated carbocycles. The molecule has 0 amide bonds. The molecule has 6 heteroatoms. The monoisotopic (exact) mass is 337 g/mol. The molecule has 1 aliphatic rings. The fraction of sp³-hybridized carbons (Fsp3) is 0.375. The molecule has 22 heavy (non-hydrogen) atoms. The summed E-state index contributed by atoms with van der Waals surface area (Å²) in [5, 5.41) is 4.29. The first-order chi connectivity index (χ1) is 10.6. The molecule has 0 aliphatic heterocycles. The van der Waals surface area contributed by atoms with Crippen molar-refractivity contribution in [2.75, 3.05) is 7.05 Å². The number of nitrogens with zero attached hydrogens (tertiary/aromatic N) is 3. The molecule has 0 radical (unpaired) electrons. The summed E-state index contributed by atoms with van der Waals surface area (Å²) < 4.78 is 1.35. The Morgan fingerprint density at radius 1 is 1.36 bits per heavy atom. The van der Waals surface area contributed by atoms with E-state index in [1.807, 2.05) is 7.05 Å². The molecule has 0 unspecified atom stereocenters. The largest absolute Gasteiger partial charge is 0.288 e. The second-order valence-electron chi connectivity index (χ2n) is 5.62. The molecule has 3 rings (SSSR count). The van der Waals surface area contributed by atoms with Crippen molar-refractivity contribution < 1.29 is 0 Å². The van der Waals surface area contributed by atoms with Crippen molar-refractivity contribution in [2.45, 2.75) is 32.0 Å². The van der Waals surface area contributed by atoms with Crippen molar-refractivity contribution in [2.24, 2.45) is 0 Å². The van der Waals surface area contributed by atoms with Gasteiger partial charge in [0.15, 0.2) is 0 Å². The minimum Gasteiger partial charge on any atom is -0.280 e. The van der Waals surface area contributed by atoms with Crippen LogP contribution < -0.4 is 5.56 Å². The van der Waals surface area contributed by atoms with Crippen LogP contribution in [0.4, 0.5) is 0 Å². The Morgan fingerprint density at radius 3 is 2.95 bits per heavy atom. The van der Waals surface area contributed by atoms with Crippen LogP contribution in [0.2, 0.25) is 10.0 Å². The van der Waals surface area contributed by atoms with Crippen LogP contribution in [0.3, 0.4) is 0 Å². The van der Waals surface area contributed by atoms with E-state index in [-0.39, 0.29) is 21.6 Å². The summed E-state index contributed by atoms with van der Waals surface area (Å²) in [6, 6.07) is 8.77. The molecule has 1 aromatic carbocycles. The Hall–Kier alpha value is -1.36. The van der Waals surface area contributed by atoms with E-state index in [1.165, 1.54) is 22.0 Å². The van der Waals surface area contributed by atoms with Crippen molar-refractivity contribution in [3.63, 3.8) is 0 Å². The highest BCUT2D eigenvalue weighted by atomic mass is 35.5. The third-order valence-electron chi connectivity index (χ3n) is 4.17. The highest BCUT2D eigenvalue weighted by Crippen LogP contribution is 2.33. The molecule has 1 heterocycles. The number of aryl methyl sites for hydroxylation is 1. The van der Waals surface area contributed by atoms with Gasteiger partial charge in [-0.25, -0.2) is 4.68 Å². The summed E-state index contributed by atoms with van der Waals surface area (Å²) in [5.41, 5.74) is 2.37. The summed E-state index contributed by atoms with van der Waals surface area (Å²) >= 11 is 11.7. The number of halogens is 2. The van der Waals surface area contributed by atoms with Crippen LogP contribution >= 0.6 is 23.2 Å². The lowest BCUT2D eigenvalue weighted by Gasteiger charge is -2.33. The highest BCUT2D eigenvalue weighted by Gasteiger charge is 2.24. The minimum absolute atomic E-state index is 0.0223. The van der Waals surface area contributed by atoms with E-state index in [9.17, 15) is 4.79 Å². The Bertz CT molecular complexity index is 744. The normalized spacial score (nSPS) is 17.5. The average Bonchev–Trinajstić information content (AvgIpc) is 2.55. The van der Waals surface area contributed by atoms with Gasteiger partial charge in [0.1, 0.15) is 5.02 Å². The lowest BCUT2D eigenvalue weighted by Crippen LogP contribution is -2.35. The third kappa shape index (κ3) is 2.91. The van der Waals surface area contributed by atoms with Crippen LogP contribution in [0.1, 0.15) is 30.0 Å². The van der Waals surface area contributed by atoms with Crippen LogP contribution in [0.25, 0.3) is 0 Å². The standard InChI is InChI=1S/C16H17Cl2N3O/c1-20(10-21-16(22)15(18)13(17)9-19-21)14-8-4-6-11-5-2-3-7-12(11)14/h2-3,5,7,9,14H,4,6,8,10H2,1H3/t14-/m1/s1. The Labute approximate surface area is 139 Å². The van der Waals surface area contributed by atoms with Gasteiger partial charge in [-0.05, 0) is 37.4 Å². The van der Waals surface area contributed by atoms with Gasteiger partial charge in [-0.2, -0.15) is 5.10 Å². The molecule has 1 aliphatic carbocycles. The summed E-state index contributed by atoms with van der Waals surface area (Å²) in [6.07, 6.45) is 4.75. The molecule has 116 valence electrons. The molecule has 1 aromatic heterocycles. The Balaban J connectivity index is 1.86. The van der Waals surface area contributed by atoms with Gasteiger partial charge in [-0.1, -0.05) is 47.5 Å². The van der Waals surface area contributed by atoms with E-state index >= 15 is 0 Å². The van der Waals surface area contributed by atoms with E-state index < -0.39 is 0 Å². The van der Waals surface area contributed by atoms with Crippen LogP contribution in [0, 0.1) is 0 Å². The van der Waals surface area contributed by atoms with Crippen LogP contribution in [-0.2, 0) is 13.1 Å². The fourth-order valence-electron chi connectivity index (χ4n) is 3.04. The van der Waals surface area contributed by atoms with Gasteiger partial charge in [-0.3, -0.25) is 9.69 Å². The molecule has 2 aromatic rings. The van der Waals surface area contributed by atoms with Crippen LogP contribution in [0.5, 0.6) is 0 Å². The van der Waals surface area contributed by atoms with Gasteiger partial charge in [0.25, 0.3) is 5.56 Å². The Kier molecular flexibility index (Phi) is 4.52. The van der Waals surface area contributed by atoms with Gasteiger partial charge in [0.2, 0.25) is 0 Å². The lowest BCUT2D eigenvalue weighted by atomic mass is 9.87. The SMILES string of the molecule is CN(Cn1ncc(Cl)c(Cl)c1=O)[C@@H]1CCCc2ccccc21. The van der Waals surface area contributed by atoms with Gasteiger partial charge in [-0.15, -0.1) is 0 Å². The van der Waals surface area contributed by atoms with E-state index in [2.05, 4.69) is 34.3 Å². The molecular formula is C16H17Cl2N3O. The zero-order chi connectivity index (χ0) is 15.7. The third-order valence-corrected chi connectivity index (χ3v) is 4.92. The number of rotatable bonds is 3. The smallest absolute Gasteiger partial charge is 0.280 e. The average molecular weight is 338 g/mol. The molecular weight excluding hydrogens is 321 g/mol. The van der Waals surface area contributed by atoms with Crippen LogP contribution in [0.15, 0.2) is 35.3 Å². The van der Waals surface area contributed by atoms with E-state index in [1.54, 1.807) is 0 Å².